The quantitative estimate of drug-likeness (QED) is 0.774. The number of aliphatic hydroxyl groups is 1. The maximum atomic E-state index is 13.7. The van der Waals surface area contributed by atoms with Crippen molar-refractivity contribution < 1.29 is 18.6 Å². The van der Waals surface area contributed by atoms with E-state index < -0.39 is 22.3 Å². The highest BCUT2D eigenvalue weighted by atomic mass is 35.5. The van der Waals surface area contributed by atoms with Crippen molar-refractivity contribution in [3.63, 3.8) is 0 Å². The van der Waals surface area contributed by atoms with Gasteiger partial charge in [0.25, 0.3) is 0 Å². The van der Waals surface area contributed by atoms with E-state index >= 15 is 0 Å². The van der Waals surface area contributed by atoms with E-state index in [4.69, 9.17) is 16.3 Å². The molecule has 88 valence electrons. The molecule has 0 spiro atoms. The molecule has 0 bridgehead atoms. The molecule has 1 fully saturated rings. The maximum Gasteiger partial charge on any atom is 0.150 e. The molecule has 1 aromatic carbocycles. The molecule has 16 heavy (non-hydrogen) atoms. The molecule has 0 aliphatic carbocycles. The molecule has 0 atom stereocenters. The topological polar surface area (TPSA) is 29.5 Å². The summed E-state index contributed by atoms with van der Waals surface area (Å²) in [4.78, 5) is 0. The molecule has 0 amide bonds. The van der Waals surface area contributed by atoms with Gasteiger partial charge in [-0.1, -0.05) is 17.7 Å². The van der Waals surface area contributed by atoms with Crippen LogP contribution in [-0.4, -0.2) is 18.3 Å². The molecule has 1 saturated heterocycles. The zero-order chi connectivity index (χ0) is 11.8. The first kappa shape index (κ1) is 11.8. The molecule has 2 rings (SSSR count). The number of hydrogen-bond acceptors (Lipinski definition) is 2. The third-order valence-electron chi connectivity index (χ3n) is 2.86. The summed E-state index contributed by atoms with van der Waals surface area (Å²) in [5.74, 6) is -1.70. The summed E-state index contributed by atoms with van der Waals surface area (Å²) in [5, 5.41) is 9.67. The predicted octanol–water partition coefficient (Wildman–Crippen LogP) is 2.62. The van der Waals surface area contributed by atoms with Gasteiger partial charge in [-0.2, -0.15) is 0 Å². The molecule has 1 N–H and O–H groups in total. The lowest BCUT2D eigenvalue weighted by Gasteiger charge is -2.32. The third kappa shape index (κ3) is 1.93. The molecule has 1 heterocycles. The van der Waals surface area contributed by atoms with E-state index in [-0.39, 0.29) is 18.4 Å². The minimum atomic E-state index is -1.31. The Labute approximate surface area is 96.8 Å². The van der Waals surface area contributed by atoms with Crippen molar-refractivity contribution in [1.29, 1.82) is 0 Å². The van der Waals surface area contributed by atoms with Crippen molar-refractivity contribution in [2.24, 2.45) is 0 Å². The second-order valence-corrected chi connectivity index (χ2v) is 4.24. The summed E-state index contributed by atoms with van der Waals surface area (Å²) in [6.07, 6.45) is 0.567. The van der Waals surface area contributed by atoms with Crippen LogP contribution in [0, 0.1) is 11.6 Å². The molecule has 1 aliphatic heterocycles. The van der Waals surface area contributed by atoms with Gasteiger partial charge in [0.2, 0.25) is 0 Å². The van der Waals surface area contributed by atoms with Crippen molar-refractivity contribution in [3.05, 3.63) is 34.4 Å². The van der Waals surface area contributed by atoms with Gasteiger partial charge < -0.3 is 9.84 Å². The average Bonchev–Trinajstić information content (AvgIpc) is 2.27. The van der Waals surface area contributed by atoms with Crippen molar-refractivity contribution in [1.82, 2.24) is 0 Å². The molecule has 0 saturated carbocycles. The molecule has 0 aromatic heterocycles. The number of halogens is 3. The van der Waals surface area contributed by atoms with Gasteiger partial charge in [-0.15, -0.1) is 0 Å². The predicted molar refractivity (Wildman–Crippen MR) is 55.3 cm³/mol. The van der Waals surface area contributed by atoms with Crippen LogP contribution >= 0.6 is 11.6 Å². The fourth-order valence-corrected chi connectivity index (χ4v) is 2.03. The highest BCUT2D eigenvalue weighted by Crippen LogP contribution is 2.36. The van der Waals surface area contributed by atoms with E-state index in [0.29, 0.717) is 13.2 Å². The van der Waals surface area contributed by atoms with E-state index in [1.54, 1.807) is 0 Å². The average molecular weight is 249 g/mol. The van der Waals surface area contributed by atoms with Crippen LogP contribution in [0.1, 0.15) is 18.4 Å². The molecule has 5 heteroatoms. The van der Waals surface area contributed by atoms with Gasteiger partial charge in [-0.05, 0) is 6.07 Å². The second-order valence-electron chi connectivity index (χ2n) is 3.87. The molecule has 0 unspecified atom stereocenters. The van der Waals surface area contributed by atoms with E-state index in [2.05, 4.69) is 0 Å². The van der Waals surface area contributed by atoms with Crippen LogP contribution in [0.2, 0.25) is 5.02 Å². The zero-order valence-corrected chi connectivity index (χ0v) is 9.23. The highest BCUT2D eigenvalue weighted by Gasteiger charge is 2.35. The molecule has 0 radical (unpaired) electrons. The molecule has 1 aliphatic rings. The Balaban J connectivity index is 2.43. The fourth-order valence-electron chi connectivity index (χ4n) is 1.86. The number of hydrogen-bond donors (Lipinski definition) is 1. The largest absolute Gasteiger partial charge is 0.385 e. The number of rotatable bonds is 1. The minimum absolute atomic E-state index is 0.0437. The number of ether oxygens (including phenoxy) is 1. The lowest BCUT2D eigenvalue weighted by molar-refractivity contribution is -0.0698. The lowest BCUT2D eigenvalue weighted by atomic mass is 9.86. The second kappa shape index (κ2) is 4.28. The Hall–Kier alpha value is -0.710. The first-order valence-corrected chi connectivity index (χ1v) is 5.36. The van der Waals surface area contributed by atoms with Crippen molar-refractivity contribution >= 4 is 11.6 Å². The fraction of sp³-hybridized carbons (Fsp3) is 0.455. The summed E-state index contributed by atoms with van der Waals surface area (Å²) in [6, 6.07) is 2.30. The van der Waals surface area contributed by atoms with Gasteiger partial charge in [-0.3, -0.25) is 0 Å². The molecule has 1 aromatic rings. The van der Waals surface area contributed by atoms with Gasteiger partial charge in [0.15, 0.2) is 5.82 Å². The molecular formula is C11H11ClF2O2. The summed E-state index contributed by atoms with van der Waals surface area (Å²) < 4.78 is 31.8. The van der Waals surface area contributed by atoms with Crippen molar-refractivity contribution in [3.8, 4) is 0 Å². The van der Waals surface area contributed by atoms with Crippen LogP contribution < -0.4 is 0 Å². The van der Waals surface area contributed by atoms with E-state index in [1.165, 1.54) is 6.07 Å². The van der Waals surface area contributed by atoms with Crippen LogP contribution in [0.15, 0.2) is 12.1 Å². The summed E-state index contributed by atoms with van der Waals surface area (Å²) in [6.45, 7) is 0.704. The Kier molecular flexibility index (Phi) is 3.15. The Morgan fingerprint density at radius 2 is 1.88 bits per heavy atom. The normalized spacial score (nSPS) is 19.8. The smallest absolute Gasteiger partial charge is 0.150 e. The number of benzene rings is 1. The SMILES string of the molecule is OC1(c2ccc(F)c(Cl)c2F)CCOCC1. The zero-order valence-electron chi connectivity index (χ0n) is 8.47. The van der Waals surface area contributed by atoms with Gasteiger partial charge in [0.1, 0.15) is 10.8 Å². The third-order valence-corrected chi connectivity index (χ3v) is 3.20. The van der Waals surface area contributed by atoms with Crippen LogP contribution in [-0.2, 0) is 10.3 Å². The van der Waals surface area contributed by atoms with Gasteiger partial charge in [0.05, 0.1) is 5.60 Å². The van der Waals surface area contributed by atoms with Gasteiger partial charge in [-0.25, -0.2) is 8.78 Å². The van der Waals surface area contributed by atoms with Gasteiger partial charge in [0, 0.05) is 31.6 Å². The van der Waals surface area contributed by atoms with Gasteiger partial charge >= 0.3 is 0 Å². The lowest BCUT2D eigenvalue weighted by Crippen LogP contribution is -2.34. The van der Waals surface area contributed by atoms with E-state index in [0.717, 1.165) is 6.07 Å². The standard InChI is InChI=1S/C11H11ClF2O2/c12-9-8(13)2-1-7(10(9)14)11(15)3-5-16-6-4-11/h1-2,15H,3-6H2. The minimum Gasteiger partial charge on any atom is -0.385 e. The summed E-state index contributed by atoms with van der Waals surface area (Å²) in [5.41, 5.74) is -1.26. The Morgan fingerprint density at radius 1 is 1.25 bits per heavy atom. The van der Waals surface area contributed by atoms with E-state index in [9.17, 15) is 13.9 Å². The first-order valence-electron chi connectivity index (χ1n) is 4.99. The summed E-state index contributed by atoms with van der Waals surface area (Å²) >= 11 is 5.47. The van der Waals surface area contributed by atoms with Crippen LogP contribution in [0.25, 0.3) is 0 Å². The Morgan fingerprint density at radius 3 is 2.50 bits per heavy atom. The maximum absolute atomic E-state index is 13.7. The monoisotopic (exact) mass is 248 g/mol. The van der Waals surface area contributed by atoms with Crippen molar-refractivity contribution in [2.45, 2.75) is 18.4 Å². The highest BCUT2D eigenvalue weighted by molar-refractivity contribution is 6.30. The molecule has 2 nitrogen and oxygen atoms in total. The summed E-state index contributed by atoms with van der Waals surface area (Å²) in [7, 11) is 0. The molecular weight excluding hydrogens is 238 g/mol. The van der Waals surface area contributed by atoms with Crippen LogP contribution in [0.5, 0.6) is 0 Å². The van der Waals surface area contributed by atoms with Crippen LogP contribution in [0.3, 0.4) is 0 Å². The Bertz CT molecular complexity index is 403. The van der Waals surface area contributed by atoms with Crippen LogP contribution in [0.4, 0.5) is 8.78 Å². The van der Waals surface area contributed by atoms with E-state index in [1.807, 2.05) is 0 Å². The first-order chi connectivity index (χ1) is 7.54. The van der Waals surface area contributed by atoms with Crippen molar-refractivity contribution in [2.75, 3.05) is 13.2 Å².